The topological polar surface area (TPSA) is 42.7 Å². The molecule has 1 aromatic carbocycles. The second-order valence-corrected chi connectivity index (χ2v) is 6.62. The van der Waals surface area contributed by atoms with Gasteiger partial charge in [0.2, 0.25) is 0 Å². The third kappa shape index (κ3) is 4.08. The van der Waals surface area contributed by atoms with E-state index in [1.54, 1.807) is 0 Å². The predicted octanol–water partition coefficient (Wildman–Crippen LogP) is 3.27. The van der Waals surface area contributed by atoms with Crippen LogP contribution in [0.3, 0.4) is 0 Å². The van der Waals surface area contributed by atoms with E-state index in [1.807, 2.05) is 6.07 Å². The zero-order valence-electron chi connectivity index (χ0n) is 14.1. The summed E-state index contributed by atoms with van der Waals surface area (Å²) in [5.74, 6) is 3.40. The van der Waals surface area contributed by atoms with Crippen molar-refractivity contribution in [3.8, 4) is 0 Å². The van der Waals surface area contributed by atoms with Crippen LogP contribution in [0.4, 0.5) is 0 Å². The number of rotatable bonds is 6. The fourth-order valence-electron chi connectivity index (χ4n) is 3.14. The van der Waals surface area contributed by atoms with Crippen LogP contribution in [0.25, 0.3) is 6.08 Å². The Balaban J connectivity index is 1.47. The Morgan fingerprint density at radius 1 is 1.26 bits per heavy atom. The summed E-state index contributed by atoms with van der Waals surface area (Å²) in [5.41, 5.74) is 1.25. The molecule has 0 spiro atoms. The first-order chi connectivity index (χ1) is 11.2. The quantitative estimate of drug-likeness (QED) is 0.833. The standard InChI is InChI=1S/C19H26N4/c1-15(2)19-22-21-18-11-10-17(14-23(18)19)13-20-12-6-9-16-7-4-3-5-8-16/h3-9,15,17,20H,10-14H2,1-2H3/b9-6-/t17-/m0/s1. The number of fused-ring (bicyclic) bond motifs is 1. The Bertz CT molecular complexity index is 643. The molecule has 1 atom stereocenters. The lowest BCUT2D eigenvalue weighted by Gasteiger charge is -2.25. The van der Waals surface area contributed by atoms with Crippen LogP contribution in [-0.2, 0) is 13.0 Å². The Kier molecular flexibility index (Phi) is 5.23. The molecule has 23 heavy (non-hydrogen) atoms. The summed E-state index contributed by atoms with van der Waals surface area (Å²) in [4.78, 5) is 0. The maximum atomic E-state index is 4.36. The molecule has 0 amide bonds. The minimum atomic E-state index is 0.441. The van der Waals surface area contributed by atoms with Crippen molar-refractivity contribution < 1.29 is 0 Å². The van der Waals surface area contributed by atoms with Crippen molar-refractivity contribution in [1.82, 2.24) is 20.1 Å². The number of nitrogens with zero attached hydrogens (tertiary/aromatic N) is 3. The molecule has 0 aliphatic carbocycles. The van der Waals surface area contributed by atoms with Crippen molar-refractivity contribution in [2.75, 3.05) is 13.1 Å². The van der Waals surface area contributed by atoms with E-state index >= 15 is 0 Å². The van der Waals surface area contributed by atoms with E-state index in [0.29, 0.717) is 11.8 Å². The third-order valence-corrected chi connectivity index (χ3v) is 4.39. The van der Waals surface area contributed by atoms with E-state index < -0.39 is 0 Å². The molecular formula is C19H26N4. The van der Waals surface area contributed by atoms with Crippen molar-refractivity contribution in [1.29, 1.82) is 0 Å². The van der Waals surface area contributed by atoms with Crippen molar-refractivity contribution >= 4 is 6.08 Å². The van der Waals surface area contributed by atoms with Gasteiger partial charge in [-0.05, 0) is 24.4 Å². The molecule has 2 heterocycles. The molecule has 0 saturated carbocycles. The van der Waals surface area contributed by atoms with Gasteiger partial charge in [-0.25, -0.2) is 0 Å². The van der Waals surface area contributed by atoms with E-state index in [2.05, 4.69) is 70.3 Å². The van der Waals surface area contributed by atoms with Gasteiger partial charge in [-0.2, -0.15) is 0 Å². The first-order valence-corrected chi connectivity index (χ1v) is 8.58. The summed E-state index contributed by atoms with van der Waals surface area (Å²) in [6.45, 7) is 7.39. The molecule has 1 aliphatic heterocycles. The lowest BCUT2D eigenvalue weighted by atomic mass is 9.98. The van der Waals surface area contributed by atoms with Crippen LogP contribution in [0.5, 0.6) is 0 Å². The average Bonchev–Trinajstić information content (AvgIpc) is 2.99. The van der Waals surface area contributed by atoms with Gasteiger partial charge in [0.15, 0.2) is 0 Å². The highest BCUT2D eigenvalue weighted by Crippen LogP contribution is 2.23. The number of benzene rings is 1. The van der Waals surface area contributed by atoms with Crippen molar-refractivity contribution in [2.24, 2.45) is 5.92 Å². The summed E-state index contributed by atoms with van der Waals surface area (Å²) < 4.78 is 2.33. The highest BCUT2D eigenvalue weighted by Gasteiger charge is 2.23. The van der Waals surface area contributed by atoms with Gasteiger partial charge in [0.1, 0.15) is 11.6 Å². The maximum absolute atomic E-state index is 4.36. The van der Waals surface area contributed by atoms with Gasteiger partial charge >= 0.3 is 0 Å². The highest BCUT2D eigenvalue weighted by atomic mass is 15.3. The molecule has 1 N–H and O–H groups in total. The average molecular weight is 310 g/mol. The van der Waals surface area contributed by atoms with Crippen molar-refractivity contribution in [2.45, 2.75) is 39.2 Å². The molecule has 4 nitrogen and oxygen atoms in total. The molecule has 0 radical (unpaired) electrons. The fourth-order valence-corrected chi connectivity index (χ4v) is 3.14. The lowest BCUT2D eigenvalue weighted by Crippen LogP contribution is -2.31. The Hall–Kier alpha value is -1.94. The molecule has 0 saturated heterocycles. The van der Waals surface area contributed by atoms with Crippen LogP contribution >= 0.6 is 0 Å². The largest absolute Gasteiger partial charge is 0.314 e. The second-order valence-electron chi connectivity index (χ2n) is 6.62. The summed E-state index contributed by atoms with van der Waals surface area (Å²) in [7, 11) is 0. The number of nitrogens with one attached hydrogen (secondary N) is 1. The van der Waals surface area contributed by atoms with Gasteiger partial charge in [0, 0.05) is 25.4 Å². The molecular weight excluding hydrogens is 284 g/mol. The SMILES string of the molecule is CC(C)c1nnc2n1C[C@H](CNC/C=C\c1ccccc1)CC2. The zero-order valence-corrected chi connectivity index (χ0v) is 14.1. The summed E-state index contributed by atoms with van der Waals surface area (Å²) >= 11 is 0. The van der Waals surface area contributed by atoms with Gasteiger partial charge in [0.05, 0.1) is 0 Å². The Morgan fingerprint density at radius 2 is 2.09 bits per heavy atom. The van der Waals surface area contributed by atoms with Crippen LogP contribution in [0.1, 0.15) is 43.4 Å². The predicted molar refractivity (Wildman–Crippen MR) is 94.3 cm³/mol. The molecule has 122 valence electrons. The first kappa shape index (κ1) is 15.9. The summed E-state index contributed by atoms with van der Waals surface area (Å²) in [6.07, 6.45) is 6.61. The molecule has 0 unspecified atom stereocenters. The third-order valence-electron chi connectivity index (χ3n) is 4.39. The fraction of sp³-hybridized carbons (Fsp3) is 0.474. The van der Waals surface area contributed by atoms with Crippen LogP contribution in [0.15, 0.2) is 36.4 Å². The molecule has 0 fully saturated rings. The number of hydrogen-bond donors (Lipinski definition) is 1. The van der Waals surface area contributed by atoms with Crippen molar-refractivity contribution in [3.63, 3.8) is 0 Å². The number of hydrogen-bond acceptors (Lipinski definition) is 3. The van der Waals surface area contributed by atoms with Gasteiger partial charge in [-0.3, -0.25) is 0 Å². The van der Waals surface area contributed by atoms with Crippen molar-refractivity contribution in [3.05, 3.63) is 53.6 Å². The first-order valence-electron chi connectivity index (χ1n) is 8.58. The maximum Gasteiger partial charge on any atom is 0.135 e. The summed E-state index contributed by atoms with van der Waals surface area (Å²) in [5, 5.41) is 12.2. The number of aryl methyl sites for hydroxylation is 1. The minimum Gasteiger partial charge on any atom is -0.314 e. The monoisotopic (exact) mass is 310 g/mol. The van der Waals surface area contributed by atoms with Crippen LogP contribution in [0, 0.1) is 5.92 Å². The van der Waals surface area contributed by atoms with E-state index in [0.717, 1.165) is 37.7 Å². The molecule has 2 aromatic rings. The number of aromatic nitrogens is 3. The van der Waals surface area contributed by atoms with E-state index in [9.17, 15) is 0 Å². The molecule has 0 bridgehead atoms. The van der Waals surface area contributed by atoms with Gasteiger partial charge < -0.3 is 9.88 Å². The molecule has 3 rings (SSSR count). The summed E-state index contributed by atoms with van der Waals surface area (Å²) in [6, 6.07) is 10.4. The van der Waals surface area contributed by atoms with Gasteiger partial charge in [-0.1, -0.05) is 56.3 Å². The van der Waals surface area contributed by atoms with Crippen LogP contribution in [0.2, 0.25) is 0 Å². The Morgan fingerprint density at radius 3 is 2.87 bits per heavy atom. The molecule has 1 aliphatic rings. The van der Waals surface area contributed by atoms with E-state index in [4.69, 9.17) is 0 Å². The van der Waals surface area contributed by atoms with Gasteiger partial charge in [0.25, 0.3) is 0 Å². The Labute approximate surface area is 138 Å². The van der Waals surface area contributed by atoms with Crippen LogP contribution in [-0.4, -0.2) is 27.9 Å². The van der Waals surface area contributed by atoms with E-state index in [1.165, 1.54) is 12.0 Å². The smallest absolute Gasteiger partial charge is 0.135 e. The van der Waals surface area contributed by atoms with Gasteiger partial charge in [-0.15, -0.1) is 10.2 Å². The minimum absolute atomic E-state index is 0.441. The molecule has 4 heteroatoms. The van der Waals surface area contributed by atoms with Crippen LogP contribution < -0.4 is 5.32 Å². The van der Waals surface area contributed by atoms with E-state index in [-0.39, 0.29) is 0 Å². The highest BCUT2D eigenvalue weighted by molar-refractivity contribution is 5.48. The lowest BCUT2D eigenvalue weighted by molar-refractivity contribution is 0.345. The second kappa shape index (κ2) is 7.55. The zero-order chi connectivity index (χ0) is 16.1. The molecule has 1 aromatic heterocycles. The normalized spacial score (nSPS) is 17.8.